The number of ether oxygens (including phenoxy) is 6. The second-order valence-corrected chi connectivity index (χ2v) is 7.59. The molecule has 0 aliphatic carbocycles. The van der Waals surface area contributed by atoms with Crippen LogP contribution in [0.25, 0.3) is 21.9 Å². The van der Waals surface area contributed by atoms with Crippen molar-refractivity contribution < 1.29 is 33.2 Å². The highest BCUT2D eigenvalue weighted by atomic mass is 79.9. The number of halogens is 1. The van der Waals surface area contributed by atoms with Crippen molar-refractivity contribution in [2.45, 2.75) is 6.61 Å². The molecule has 0 radical (unpaired) electrons. The Bertz CT molecular complexity index is 1190. The summed E-state index contributed by atoms with van der Waals surface area (Å²) in [5, 5.41) is 1.71. The number of fused-ring (bicyclic) bond motifs is 3. The number of hydrogen-bond acceptors (Lipinski definition) is 7. The minimum Gasteiger partial charge on any atom is -0.493 e. The van der Waals surface area contributed by atoms with Crippen LogP contribution in [0.1, 0.15) is 15.9 Å². The van der Waals surface area contributed by atoms with Crippen molar-refractivity contribution in [3.8, 4) is 39.9 Å². The van der Waals surface area contributed by atoms with Crippen LogP contribution in [0.15, 0.2) is 28.7 Å². The van der Waals surface area contributed by atoms with E-state index in [0.29, 0.717) is 39.9 Å². The van der Waals surface area contributed by atoms with E-state index in [4.69, 9.17) is 28.4 Å². The monoisotopic (exact) mass is 472 g/mol. The van der Waals surface area contributed by atoms with Crippen LogP contribution in [-0.2, 0) is 11.3 Å². The summed E-state index contributed by atoms with van der Waals surface area (Å²) < 4.78 is 33.8. The Hall–Kier alpha value is -3.13. The zero-order valence-electron chi connectivity index (χ0n) is 16.5. The molecule has 7 nitrogen and oxygen atoms in total. The quantitative estimate of drug-likeness (QED) is 0.509. The summed E-state index contributed by atoms with van der Waals surface area (Å²) in [5.41, 5.74) is 2.76. The third kappa shape index (κ3) is 2.60. The second-order valence-electron chi connectivity index (χ2n) is 6.80. The van der Waals surface area contributed by atoms with Crippen molar-refractivity contribution in [2.24, 2.45) is 0 Å². The SMILES string of the molecule is COc1cc(-c2c3c(cc4c(Br)c5c(cc24)OCO5)COC3=O)cc(OC)c1OC. The molecule has 30 heavy (non-hydrogen) atoms. The number of hydrogen-bond donors (Lipinski definition) is 0. The summed E-state index contributed by atoms with van der Waals surface area (Å²) >= 11 is 3.64. The van der Waals surface area contributed by atoms with E-state index >= 15 is 0 Å². The van der Waals surface area contributed by atoms with E-state index in [1.54, 1.807) is 21.3 Å². The Morgan fingerprint density at radius 3 is 2.27 bits per heavy atom. The van der Waals surface area contributed by atoms with E-state index in [1.807, 2.05) is 24.3 Å². The van der Waals surface area contributed by atoms with Crippen LogP contribution >= 0.6 is 15.9 Å². The van der Waals surface area contributed by atoms with Crippen LogP contribution in [0.3, 0.4) is 0 Å². The van der Waals surface area contributed by atoms with Gasteiger partial charge < -0.3 is 28.4 Å². The minimum absolute atomic E-state index is 0.144. The lowest BCUT2D eigenvalue weighted by atomic mass is 9.90. The summed E-state index contributed by atoms with van der Waals surface area (Å²) in [6, 6.07) is 7.47. The lowest BCUT2D eigenvalue weighted by Gasteiger charge is -2.17. The molecule has 2 aliphatic heterocycles. The molecule has 2 heterocycles. The van der Waals surface area contributed by atoms with Gasteiger partial charge in [-0.3, -0.25) is 0 Å². The standard InChI is InChI=1S/C22H17BrO7/c1-25-14-5-10(6-15(26-2)20(14)27-3)17-12-7-16-21(30-9-29-16)19(23)13(12)4-11-8-28-22(24)18(11)17/h4-7H,8-9H2,1-3H3. The van der Waals surface area contributed by atoms with Gasteiger partial charge in [-0.05, 0) is 51.1 Å². The maximum Gasteiger partial charge on any atom is 0.339 e. The molecule has 0 bridgehead atoms. The fourth-order valence-corrected chi connectivity index (χ4v) is 4.63. The number of esters is 1. The van der Waals surface area contributed by atoms with Crippen molar-refractivity contribution in [3.05, 3.63) is 39.9 Å². The van der Waals surface area contributed by atoms with Crippen LogP contribution in [-0.4, -0.2) is 34.1 Å². The third-order valence-electron chi connectivity index (χ3n) is 5.32. The topological polar surface area (TPSA) is 72.5 Å². The fourth-order valence-electron chi connectivity index (χ4n) is 3.99. The summed E-state index contributed by atoms with van der Waals surface area (Å²) in [4.78, 5) is 12.7. The summed E-state index contributed by atoms with van der Waals surface area (Å²) in [6.07, 6.45) is 0. The van der Waals surface area contributed by atoms with Crippen LogP contribution in [0, 0.1) is 0 Å². The van der Waals surface area contributed by atoms with Gasteiger partial charge in [-0.2, -0.15) is 0 Å². The largest absolute Gasteiger partial charge is 0.493 e. The molecule has 154 valence electrons. The molecule has 8 heteroatoms. The van der Waals surface area contributed by atoms with Crippen molar-refractivity contribution in [1.82, 2.24) is 0 Å². The van der Waals surface area contributed by atoms with Crippen LogP contribution in [0.2, 0.25) is 0 Å². The molecule has 3 aromatic rings. The van der Waals surface area contributed by atoms with E-state index in [2.05, 4.69) is 15.9 Å². The molecule has 5 rings (SSSR count). The van der Waals surface area contributed by atoms with Crippen molar-refractivity contribution in [2.75, 3.05) is 28.1 Å². The first-order chi connectivity index (χ1) is 14.6. The van der Waals surface area contributed by atoms with Crippen LogP contribution in [0.5, 0.6) is 28.7 Å². The smallest absolute Gasteiger partial charge is 0.339 e. The van der Waals surface area contributed by atoms with Gasteiger partial charge in [0.05, 0.1) is 31.4 Å². The highest BCUT2D eigenvalue weighted by Gasteiger charge is 2.31. The first kappa shape index (κ1) is 18.9. The molecule has 0 atom stereocenters. The maximum absolute atomic E-state index is 12.7. The Kier molecular flexibility index (Phi) is 4.39. The highest BCUT2D eigenvalue weighted by Crippen LogP contribution is 2.50. The second kappa shape index (κ2) is 6.98. The molecule has 0 amide bonds. The van der Waals surface area contributed by atoms with Gasteiger partial charge >= 0.3 is 5.97 Å². The van der Waals surface area contributed by atoms with E-state index in [0.717, 1.165) is 26.4 Å². The van der Waals surface area contributed by atoms with Gasteiger partial charge in [-0.15, -0.1) is 0 Å². The minimum atomic E-state index is -0.371. The zero-order valence-corrected chi connectivity index (χ0v) is 18.0. The molecule has 2 aliphatic rings. The van der Waals surface area contributed by atoms with E-state index in [-0.39, 0.29) is 19.4 Å². The van der Waals surface area contributed by atoms with Crippen molar-refractivity contribution in [3.63, 3.8) is 0 Å². The van der Waals surface area contributed by atoms with Crippen molar-refractivity contribution in [1.29, 1.82) is 0 Å². The normalized spacial score (nSPS) is 13.9. The predicted molar refractivity (Wildman–Crippen MR) is 112 cm³/mol. The molecule has 0 unspecified atom stereocenters. The fraction of sp³-hybridized carbons (Fsp3) is 0.227. The van der Waals surface area contributed by atoms with Gasteiger partial charge in [0.25, 0.3) is 0 Å². The van der Waals surface area contributed by atoms with E-state index < -0.39 is 0 Å². The van der Waals surface area contributed by atoms with Gasteiger partial charge in [0.1, 0.15) is 6.61 Å². The summed E-state index contributed by atoms with van der Waals surface area (Å²) in [7, 11) is 4.65. The zero-order chi connectivity index (χ0) is 21.0. The molecule has 0 fully saturated rings. The molecule has 0 aromatic heterocycles. The molecule has 0 saturated heterocycles. The number of rotatable bonds is 4. The summed E-state index contributed by atoms with van der Waals surface area (Å²) in [5.74, 6) is 2.33. The van der Waals surface area contributed by atoms with Gasteiger partial charge in [0, 0.05) is 16.5 Å². The van der Waals surface area contributed by atoms with Crippen LogP contribution in [0.4, 0.5) is 0 Å². The van der Waals surface area contributed by atoms with Crippen molar-refractivity contribution >= 4 is 32.7 Å². The van der Waals surface area contributed by atoms with E-state index in [9.17, 15) is 4.79 Å². The Morgan fingerprint density at radius 2 is 1.60 bits per heavy atom. The highest BCUT2D eigenvalue weighted by molar-refractivity contribution is 9.10. The average Bonchev–Trinajstić information content (AvgIpc) is 3.38. The van der Waals surface area contributed by atoms with Gasteiger partial charge in [-0.25, -0.2) is 4.79 Å². The van der Waals surface area contributed by atoms with Gasteiger partial charge in [0.15, 0.2) is 23.0 Å². The average molecular weight is 473 g/mol. The first-order valence-electron chi connectivity index (χ1n) is 9.12. The molecular weight excluding hydrogens is 456 g/mol. The predicted octanol–water partition coefficient (Wildman–Crippen LogP) is 4.69. The Balaban J connectivity index is 1.91. The summed E-state index contributed by atoms with van der Waals surface area (Å²) in [6.45, 7) is 0.355. The number of carbonyl (C=O) groups excluding carboxylic acids is 1. The van der Waals surface area contributed by atoms with Gasteiger partial charge in [0.2, 0.25) is 12.5 Å². The number of carbonyl (C=O) groups is 1. The van der Waals surface area contributed by atoms with E-state index in [1.165, 1.54) is 0 Å². The lowest BCUT2D eigenvalue weighted by molar-refractivity contribution is 0.0535. The van der Waals surface area contributed by atoms with Gasteiger partial charge in [-0.1, -0.05) is 0 Å². The lowest BCUT2D eigenvalue weighted by Crippen LogP contribution is -2.01. The molecule has 0 saturated carbocycles. The maximum atomic E-state index is 12.7. The van der Waals surface area contributed by atoms with Crippen LogP contribution < -0.4 is 23.7 Å². The Labute approximate surface area is 180 Å². The molecule has 0 N–H and O–H groups in total. The number of cyclic esters (lactones) is 1. The molecular formula is C22H17BrO7. The Morgan fingerprint density at radius 1 is 0.867 bits per heavy atom. The first-order valence-corrected chi connectivity index (χ1v) is 9.91. The molecule has 0 spiro atoms. The molecule has 3 aromatic carbocycles. The number of methoxy groups -OCH3 is 3. The number of benzene rings is 3. The third-order valence-corrected chi connectivity index (χ3v) is 6.11.